The summed E-state index contributed by atoms with van der Waals surface area (Å²) in [5.41, 5.74) is 1.02. The molecule has 0 radical (unpaired) electrons. The second kappa shape index (κ2) is 4.90. The zero-order valence-electron chi connectivity index (χ0n) is 10.3. The minimum atomic E-state index is -3.54. The van der Waals surface area contributed by atoms with Gasteiger partial charge in [0.05, 0.1) is 4.90 Å². The van der Waals surface area contributed by atoms with Gasteiger partial charge in [-0.15, -0.1) is 0 Å². The highest BCUT2D eigenvalue weighted by Crippen LogP contribution is 2.42. The SMILES string of the molecule is O=S(=O)(N/N=C1/CC2CCC1C2)c1ccc(Br)cc1. The number of nitrogens with one attached hydrogen (secondary N) is 1. The third-order valence-electron chi connectivity index (χ3n) is 3.94. The van der Waals surface area contributed by atoms with Gasteiger partial charge in [-0.3, -0.25) is 0 Å². The predicted molar refractivity (Wildman–Crippen MR) is 77.3 cm³/mol. The Morgan fingerprint density at radius 2 is 1.95 bits per heavy atom. The van der Waals surface area contributed by atoms with Crippen LogP contribution in [-0.4, -0.2) is 14.1 Å². The second-order valence-corrected chi connectivity index (χ2v) is 7.81. The molecule has 102 valence electrons. The van der Waals surface area contributed by atoms with E-state index in [-0.39, 0.29) is 4.90 Å². The number of fused-ring (bicyclic) bond motifs is 2. The minimum Gasteiger partial charge on any atom is -0.200 e. The lowest BCUT2D eigenvalue weighted by atomic mass is 9.99. The lowest BCUT2D eigenvalue weighted by Crippen LogP contribution is -2.22. The van der Waals surface area contributed by atoms with E-state index in [2.05, 4.69) is 25.9 Å². The summed E-state index contributed by atoms with van der Waals surface area (Å²) in [5.74, 6) is 1.22. The van der Waals surface area contributed by atoms with Crippen molar-refractivity contribution in [3.8, 4) is 0 Å². The molecule has 2 aliphatic rings. The molecule has 3 rings (SSSR count). The van der Waals surface area contributed by atoms with Crippen molar-refractivity contribution in [1.82, 2.24) is 4.83 Å². The van der Waals surface area contributed by atoms with Crippen molar-refractivity contribution < 1.29 is 8.42 Å². The fourth-order valence-corrected chi connectivity index (χ4v) is 4.05. The summed E-state index contributed by atoms with van der Waals surface area (Å²) < 4.78 is 25.0. The Bertz CT molecular complexity index is 610. The van der Waals surface area contributed by atoms with Crippen molar-refractivity contribution in [2.75, 3.05) is 0 Å². The number of sulfonamides is 1. The number of hydrogen-bond donors (Lipinski definition) is 1. The van der Waals surface area contributed by atoms with Crippen molar-refractivity contribution in [3.05, 3.63) is 28.7 Å². The summed E-state index contributed by atoms with van der Waals surface area (Å²) in [4.78, 5) is 2.61. The molecule has 2 bridgehead atoms. The van der Waals surface area contributed by atoms with E-state index in [4.69, 9.17) is 0 Å². The van der Waals surface area contributed by atoms with Crippen LogP contribution >= 0.6 is 15.9 Å². The Hall–Kier alpha value is -0.880. The molecule has 0 saturated heterocycles. The van der Waals surface area contributed by atoms with E-state index in [0.29, 0.717) is 5.92 Å². The molecule has 4 nitrogen and oxygen atoms in total. The quantitative estimate of drug-likeness (QED) is 0.858. The van der Waals surface area contributed by atoms with Gasteiger partial charge < -0.3 is 0 Å². The Morgan fingerprint density at radius 1 is 1.21 bits per heavy atom. The van der Waals surface area contributed by atoms with E-state index in [1.165, 1.54) is 12.8 Å². The van der Waals surface area contributed by atoms with Crippen molar-refractivity contribution in [1.29, 1.82) is 0 Å². The molecule has 6 heteroatoms. The van der Waals surface area contributed by atoms with E-state index < -0.39 is 10.0 Å². The first kappa shape index (κ1) is 13.1. The smallest absolute Gasteiger partial charge is 0.200 e. The standard InChI is InChI=1S/C13H15BrN2O2S/c14-11-3-5-12(6-4-11)19(17,18)16-15-13-8-9-1-2-10(13)7-9/h3-6,9-10,16H,1-2,7-8H2/b15-13-. The first-order chi connectivity index (χ1) is 9.04. The maximum absolute atomic E-state index is 12.1. The van der Waals surface area contributed by atoms with Crippen molar-refractivity contribution >= 4 is 31.7 Å². The van der Waals surface area contributed by atoms with Gasteiger partial charge in [-0.1, -0.05) is 15.9 Å². The highest BCUT2D eigenvalue weighted by Gasteiger charge is 2.36. The summed E-state index contributed by atoms with van der Waals surface area (Å²) in [6, 6.07) is 6.54. The van der Waals surface area contributed by atoms with Gasteiger partial charge in [-0.05, 0) is 61.8 Å². The Kier molecular flexibility index (Phi) is 3.39. The molecule has 1 aromatic rings. The van der Waals surface area contributed by atoms with E-state index in [1.54, 1.807) is 24.3 Å². The van der Waals surface area contributed by atoms with Gasteiger partial charge in [0.1, 0.15) is 0 Å². The highest BCUT2D eigenvalue weighted by molar-refractivity contribution is 9.10. The normalized spacial score (nSPS) is 27.9. The van der Waals surface area contributed by atoms with Crippen molar-refractivity contribution in [3.63, 3.8) is 0 Å². The number of nitrogens with zero attached hydrogens (tertiary/aromatic N) is 1. The monoisotopic (exact) mass is 342 g/mol. The summed E-state index contributed by atoms with van der Waals surface area (Å²) in [7, 11) is -3.54. The average Bonchev–Trinajstić information content (AvgIpc) is 2.99. The second-order valence-electron chi connectivity index (χ2n) is 5.23. The maximum atomic E-state index is 12.1. The fourth-order valence-electron chi connectivity index (χ4n) is 2.95. The number of hydrogen-bond acceptors (Lipinski definition) is 3. The first-order valence-corrected chi connectivity index (χ1v) is 8.66. The molecule has 0 aliphatic heterocycles. The van der Waals surface area contributed by atoms with Gasteiger partial charge in [-0.25, -0.2) is 4.83 Å². The predicted octanol–water partition coefficient (Wildman–Crippen LogP) is 2.90. The van der Waals surface area contributed by atoms with Crippen molar-refractivity contribution in [2.45, 2.75) is 30.6 Å². The van der Waals surface area contributed by atoms with E-state index >= 15 is 0 Å². The van der Waals surface area contributed by atoms with Gasteiger partial charge in [-0.2, -0.15) is 13.5 Å². The molecular weight excluding hydrogens is 328 g/mol. The molecule has 0 aromatic heterocycles. The fraction of sp³-hybridized carbons (Fsp3) is 0.462. The van der Waals surface area contributed by atoms with E-state index in [1.807, 2.05) is 0 Å². The molecule has 2 atom stereocenters. The van der Waals surface area contributed by atoms with Gasteiger partial charge >= 0.3 is 0 Å². The van der Waals surface area contributed by atoms with Crippen LogP contribution in [-0.2, 0) is 10.0 Å². The lowest BCUT2D eigenvalue weighted by Gasteiger charge is -2.12. The Morgan fingerprint density at radius 3 is 2.53 bits per heavy atom. The van der Waals surface area contributed by atoms with E-state index in [9.17, 15) is 8.42 Å². The molecular formula is C13H15BrN2O2S. The minimum absolute atomic E-state index is 0.239. The van der Waals surface area contributed by atoms with Gasteiger partial charge in [0.2, 0.25) is 0 Å². The van der Waals surface area contributed by atoms with Crippen LogP contribution in [0, 0.1) is 11.8 Å². The number of benzene rings is 1. The van der Waals surface area contributed by atoms with Gasteiger partial charge in [0.25, 0.3) is 10.0 Å². The Balaban J connectivity index is 1.75. The van der Waals surface area contributed by atoms with E-state index in [0.717, 1.165) is 28.9 Å². The molecule has 2 aliphatic carbocycles. The molecule has 2 saturated carbocycles. The highest BCUT2D eigenvalue weighted by atomic mass is 79.9. The first-order valence-electron chi connectivity index (χ1n) is 6.38. The van der Waals surface area contributed by atoms with Crippen LogP contribution in [0.25, 0.3) is 0 Å². The topological polar surface area (TPSA) is 58.5 Å². The van der Waals surface area contributed by atoms with Crippen LogP contribution in [0.15, 0.2) is 38.7 Å². The zero-order chi connectivity index (χ0) is 13.5. The molecule has 1 N–H and O–H groups in total. The molecule has 19 heavy (non-hydrogen) atoms. The average molecular weight is 343 g/mol. The third-order valence-corrected chi connectivity index (χ3v) is 5.70. The van der Waals surface area contributed by atoms with Gasteiger partial charge in [0.15, 0.2) is 0 Å². The summed E-state index contributed by atoms with van der Waals surface area (Å²) in [6.45, 7) is 0. The van der Waals surface area contributed by atoms with Crippen LogP contribution < -0.4 is 4.83 Å². The maximum Gasteiger partial charge on any atom is 0.276 e. The largest absolute Gasteiger partial charge is 0.276 e. The lowest BCUT2D eigenvalue weighted by molar-refractivity contribution is 0.579. The number of hydrazone groups is 1. The Labute approximate surface area is 121 Å². The number of halogens is 1. The zero-order valence-corrected chi connectivity index (χ0v) is 12.7. The molecule has 0 amide bonds. The van der Waals surface area contributed by atoms with Crippen LogP contribution in [0.2, 0.25) is 0 Å². The molecule has 0 heterocycles. The summed E-state index contributed by atoms with van der Waals surface area (Å²) in [6.07, 6.45) is 4.55. The number of rotatable bonds is 3. The molecule has 0 spiro atoms. The van der Waals surface area contributed by atoms with Gasteiger partial charge in [0, 0.05) is 10.2 Å². The van der Waals surface area contributed by atoms with Crippen LogP contribution in [0.4, 0.5) is 0 Å². The molecule has 1 aromatic carbocycles. The van der Waals surface area contributed by atoms with Crippen LogP contribution in [0.5, 0.6) is 0 Å². The molecule has 2 fully saturated rings. The van der Waals surface area contributed by atoms with Crippen LogP contribution in [0.1, 0.15) is 25.7 Å². The van der Waals surface area contributed by atoms with Crippen LogP contribution in [0.3, 0.4) is 0 Å². The summed E-state index contributed by atoms with van der Waals surface area (Å²) in [5, 5.41) is 4.14. The third kappa shape index (κ3) is 2.69. The summed E-state index contributed by atoms with van der Waals surface area (Å²) >= 11 is 3.28. The molecule has 2 unspecified atom stereocenters. The van der Waals surface area contributed by atoms with Crippen molar-refractivity contribution in [2.24, 2.45) is 16.9 Å².